The van der Waals surface area contributed by atoms with Gasteiger partial charge in [0, 0.05) is 11.3 Å². The van der Waals surface area contributed by atoms with Crippen molar-refractivity contribution in [1.29, 1.82) is 0 Å². The first-order chi connectivity index (χ1) is 10.7. The van der Waals surface area contributed by atoms with Crippen LogP contribution in [-0.2, 0) is 11.2 Å². The van der Waals surface area contributed by atoms with Crippen molar-refractivity contribution in [3.8, 4) is 5.75 Å². The number of anilines is 1. The van der Waals surface area contributed by atoms with Gasteiger partial charge in [-0.05, 0) is 30.0 Å². The van der Waals surface area contributed by atoms with Crippen LogP contribution in [0.25, 0.3) is 0 Å². The van der Waals surface area contributed by atoms with E-state index in [-0.39, 0.29) is 5.91 Å². The molecule has 0 unspecified atom stereocenters. The van der Waals surface area contributed by atoms with Gasteiger partial charge in [0.1, 0.15) is 5.75 Å². The zero-order valence-corrected chi connectivity index (χ0v) is 13.4. The first-order valence-corrected chi connectivity index (χ1v) is 7.66. The summed E-state index contributed by atoms with van der Waals surface area (Å²) in [7, 11) is 1.62. The number of hydrogen-bond donors (Lipinski definition) is 1. The second-order valence-corrected chi connectivity index (χ2v) is 5.43. The van der Waals surface area contributed by atoms with E-state index in [9.17, 15) is 4.79 Å². The molecule has 1 atom stereocenters. The molecule has 2 aromatic rings. The Hall–Kier alpha value is -2.29. The van der Waals surface area contributed by atoms with E-state index in [1.165, 1.54) is 5.56 Å². The monoisotopic (exact) mass is 297 g/mol. The summed E-state index contributed by atoms with van der Waals surface area (Å²) in [4.78, 5) is 12.3. The largest absolute Gasteiger partial charge is 0.496 e. The van der Waals surface area contributed by atoms with E-state index in [1.807, 2.05) is 42.5 Å². The Morgan fingerprint density at radius 3 is 2.55 bits per heavy atom. The summed E-state index contributed by atoms with van der Waals surface area (Å²) >= 11 is 0. The molecule has 2 aromatic carbocycles. The van der Waals surface area contributed by atoms with E-state index >= 15 is 0 Å². The van der Waals surface area contributed by atoms with E-state index in [0.717, 1.165) is 23.4 Å². The highest BCUT2D eigenvalue weighted by atomic mass is 16.5. The molecule has 0 aromatic heterocycles. The molecule has 0 radical (unpaired) electrons. The molecule has 0 saturated heterocycles. The summed E-state index contributed by atoms with van der Waals surface area (Å²) in [5.74, 6) is 1.14. The predicted molar refractivity (Wildman–Crippen MR) is 90.5 cm³/mol. The average Bonchev–Trinajstić information content (AvgIpc) is 2.55. The van der Waals surface area contributed by atoms with Gasteiger partial charge in [0.2, 0.25) is 5.91 Å². The lowest BCUT2D eigenvalue weighted by atomic mass is 9.97. The minimum Gasteiger partial charge on any atom is -0.496 e. The highest BCUT2D eigenvalue weighted by Gasteiger charge is 2.12. The number of methoxy groups -OCH3 is 1. The Morgan fingerprint density at radius 1 is 1.14 bits per heavy atom. The zero-order chi connectivity index (χ0) is 15.9. The van der Waals surface area contributed by atoms with Gasteiger partial charge >= 0.3 is 0 Å². The third-order valence-electron chi connectivity index (χ3n) is 3.92. The lowest BCUT2D eigenvalue weighted by Crippen LogP contribution is -2.16. The van der Waals surface area contributed by atoms with Gasteiger partial charge in [0.25, 0.3) is 0 Å². The van der Waals surface area contributed by atoms with Crippen LogP contribution < -0.4 is 10.1 Å². The molecular weight excluding hydrogens is 274 g/mol. The number of rotatable bonds is 6. The number of para-hydroxylation sites is 2. The fourth-order valence-corrected chi connectivity index (χ4v) is 2.48. The number of carbonyl (C=O) groups excluding carboxylic acids is 1. The summed E-state index contributed by atoms with van der Waals surface area (Å²) in [6.45, 7) is 4.32. The normalized spacial score (nSPS) is 11.8. The Bertz CT molecular complexity index is 637. The fraction of sp³-hybridized carbons (Fsp3) is 0.316. The van der Waals surface area contributed by atoms with Crippen LogP contribution >= 0.6 is 0 Å². The first kappa shape index (κ1) is 16.1. The molecule has 0 spiro atoms. The number of carbonyl (C=O) groups is 1. The second-order valence-electron chi connectivity index (χ2n) is 5.43. The van der Waals surface area contributed by atoms with Crippen molar-refractivity contribution in [2.24, 2.45) is 0 Å². The lowest BCUT2D eigenvalue weighted by molar-refractivity contribution is -0.115. The molecule has 1 N–H and O–H groups in total. The predicted octanol–water partition coefficient (Wildman–Crippen LogP) is 4.39. The quantitative estimate of drug-likeness (QED) is 0.858. The van der Waals surface area contributed by atoms with Crippen molar-refractivity contribution in [3.05, 3.63) is 59.7 Å². The molecule has 0 fully saturated rings. The van der Waals surface area contributed by atoms with Gasteiger partial charge in [-0.2, -0.15) is 0 Å². The number of hydrogen-bond acceptors (Lipinski definition) is 2. The van der Waals surface area contributed by atoms with E-state index in [4.69, 9.17) is 4.74 Å². The molecule has 116 valence electrons. The van der Waals surface area contributed by atoms with Crippen LogP contribution in [0.3, 0.4) is 0 Å². The molecule has 2 rings (SSSR count). The molecule has 0 heterocycles. The minimum atomic E-state index is -0.0275. The van der Waals surface area contributed by atoms with Crippen LogP contribution in [0.5, 0.6) is 5.75 Å². The highest BCUT2D eigenvalue weighted by Crippen LogP contribution is 2.27. The molecule has 0 aliphatic heterocycles. The van der Waals surface area contributed by atoms with Crippen molar-refractivity contribution in [2.45, 2.75) is 32.6 Å². The molecule has 22 heavy (non-hydrogen) atoms. The van der Waals surface area contributed by atoms with Crippen LogP contribution in [-0.4, -0.2) is 13.0 Å². The van der Waals surface area contributed by atoms with Crippen LogP contribution in [0.15, 0.2) is 48.5 Å². The number of ether oxygens (including phenoxy) is 1. The van der Waals surface area contributed by atoms with Gasteiger partial charge in [-0.3, -0.25) is 4.79 Å². The molecule has 0 bridgehead atoms. The van der Waals surface area contributed by atoms with E-state index in [2.05, 4.69) is 25.2 Å². The van der Waals surface area contributed by atoms with Crippen molar-refractivity contribution in [2.75, 3.05) is 12.4 Å². The molecule has 3 nitrogen and oxygen atoms in total. The molecule has 0 aliphatic carbocycles. The summed E-state index contributed by atoms with van der Waals surface area (Å²) in [6.07, 6.45) is 1.35. The maximum absolute atomic E-state index is 12.3. The van der Waals surface area contributed by atoms with Crippen LogP contribution in [0, 0.1) is 0 Å². The third-order valence-corrected chi connectivity index (χ3v) is 3.92. The van der Waals surface area contributed by atoms with Crippen molar-refractivity contribution < 1.29 is 9.53 Å². The Balaban J connectivity index is 2.13. The maximum Gasteiger partial charge on any atom is 0.228 e. The fourth-order valence-electron chi connectivity index (χ4n) is 2.48. The van der Waals surface area contributed by atoms with Gasteiger partial charge in [-0.25, -0.2) is 0 Å². The minimum absolute atomic E-state index is 0.0275. The summed E-state index contributed by atoms with van der Waals surface area (Å²) in [5.41, 5.74) is 2.97. The maximum atomic E-state index is 12.3. The standard InChI is InChI=1S/C19H23NO2/c1-4-14(2)16-10-6-7-11-17(16)20-19(21)13-15-9-5-8-12-18(15)22-3/h5-12,14H,4,13H2,1-3H3,(H,20,21)/t14-/m1/s1. The summed E-state index contributed by atoms with van der Waals surface area (Å²) < 4.78 is 5.30. The molecular formula is C19H23NO2. The van der Waals surface area contributed by atoms with Gasteiger partial charge < -0.3 is 10.1 Å². The van der Waals surface area contributed by atoms with Gasteiger partial charge in [-0.1, -0.05) is 50.2 Å². The SMILES string of the molecule is CC[C@@H](C)c1ccccc1NC(=O)Cc1ccccc1OC. The summed E-state index contributed by atoms with van der Waals surface area (Å²) in [6, 6.07) is 15.6. The molecule has 3 heteroatoms. The van der Waals surface area contributed by atoms with Gasteiger partial charge in [0.15, 0.2) is 0 Å². The Labute approximate surface area is 132 Å². The van der Waals surface area contributed by atoms with Crippen molar-refractivity contribution in [3.63, 3.8) is 0 Å². The topological polar surface area (TPSA) is 38.3 Å². The van der Waals surface area contributed by atoms with E-state index in [1.54, 1.807) is 7.11 Å². The highest BCUT2D eigenvalue weighted by molar-refractivity contribution is 5.93. The average molecular weight is 297 g/mol. The Kier molecular flexibility index (Phi) is 5.59. The molecule has 1 amide bonds. The lowest BCUT2D eigenvalue weighted by Gasteiger charge is -2.16. The number of benzene rings is 2. The summed E-state index contributed by atoms with van der Waals surface area (Å²) in [5, 5.41) is 3.03. The van der Waals surface area contributed by atoms with Crippen LogP contribution in [0.2, 0.25) is 0 Å². The third kappa shape index (κ3) is 3.88. The smallest absolute Gasteiger partial charge is 0.228 e. The van der Waals surface area contributed by atoms with Crippen LogP contribution in [0.1, 0.15) is 37.3 Å². The molecule has 0 aliphatic rings. The number of amides is 1. The molecule has 0 saturated carbocycles. The van der Waals surface area contributed by atoms with Crippen molar-refractivity contribution in [1.82, 2.24) is 0 Å². The Morgan fingerprint density at radius 2 is 1.82 bits per heavy atom. The van der Waals surface area contributed by atoms with E-state index < -0.39 is 0 Å². The van der Waals surface area contributed by atoms with Gasteiger partial charge in [-0.15, -0.1) is 0 Å². The second kappa shape index (κ2) is 7.64. The van der Waals surface area contributed by atoms with Gasteiger partial charge in [0.05, 0.1) is 13.5 Å². The van der Waals surface area contributed by atoms with Crippen LogP contribution in [0.4, 0.5) is 5.69 Å². The number of nitrogens with one attached hydrogen (secondary N) is 1. The zero-order valence-electron chi connectivity index (χ0n) is 13.4. The van der Waals surface area contributed by atoms with E-state index in [0.29, 0.717) is 12.3 Å². The first-order valence-electron chi connectivity index (χ1n) is 7.66. The van der Waals surface area contributed by atoms with Crippen molar-refractivity contribution >= 4 is 11.6 Å².